The van der Waals surface area contributed by atoms with E-state index in [2.05, 4.69) is 20.5 Å². The van der Waals surface area contributed by atoms with Crippen LogP contribution in [-0.2, 0) is 19.8 Å². The highest BCUT2D eigenvalue weighted by molar-refractivity contribution is 6.34. The number of nitrogens with zero attached hydrogens (tertiary/aromatic N) is 5. The van der Waals surface area contributed by atoms with Crippen molar-refractivity contribution < 1.29 is 18.0 Å². The molecule has 11 heteroatoms. The van der Waals surface area contributed by atoms with Crippen molar-refractivity contribution in [3.8, 4) is 0 Å². The Kier molecular flexibility index (Phi) is 4.92. The van der Waals surface area contributed by atoms with Crippen molar-refractivity contribution in [2.75, 3.05) is 5.32 Å². The summed E-state index contributed by atoms with van der Waals surface area (Å²) < 4.78 is 40.8. The van der Waals surface area contributed by atoms with Gasteiger partial charge in [-0.1, -0.05) is 41.4 Å². The van der Waals surface area contributed by atoms with Crippen LogP contribution in [0.2, 0.25) is 5.02 Å². The highest BCUT2D eigenvalue weighted by atomic mass is 35.5. The zero-order valence-corrected chi connectivity index (χ0v) is 15.0. The average molecular weight is 399 g/mol. The molecule has 3 aromatic rings. The summed E-state index contributed by atoms with van der Waals surface area (Å²) in [5.74, 6) is -0.947. The molecule has 7 nitrogen and oxygen atoms in total. The number of hydrogen-bond donors (Lipinski definition) is 1. The number of alkyl halides is 3. The summed E-state index contributed by atoms with van der Waals surface area (Å²) in [6.45, 7) is 2.39. The smallest absolute Gasteiger partial charge is 0.288 e. The predicted octanol–water partition coefficient (Wildman–Crippen LogP) is 3.29. The zero-order valence-electron chi connectivity index (χ0n) is 14.3. The van der Waals surface area contributed by atoms with E-state index in [0.29, 0.717) is 6.54 Å². The maximum absolute atomic E-state index is 12.9. The largest absolute Gasteiger partial charge is 0.436 e. The second-order valence-corrected chi connectivity index (χ2v) is 6.22. The van der Waals surface area contributed by atoms with Gasteiger partial charge in [-0.15, -0.1) is 5.10 Å². The van der Waals surface area contributed by atoms with Gasteiger partial charge >= 0.3 is 6.18 Å². The molecule has 0 saturated heterocycles. The van der Waals surface area contributed by atoms with Gasteiger partial charge < -0.3 is 0 Å². The molecule has 0 aliphatic heterocycles. The van der Waals surface area contributed by atoms with Crippen LogP contribution in [0.4, 0.5) is 19.1 Å². The predicted molar refractivity (Wildman–Crippen MR) is 91.5 cm³/mol. The minimum absolute atomic E-state index is 0.0570. The van der Waals surface area contributed by atoms with Gasteiger partial charge in [-0.3, -0.25) is 14.8 Å². The van der Waals surface area contributed by atoms with Gasteiger partial charge in [0.15, 0.2) is 5.69 Å². The van der Waals surface area contributed by atoms with E-state index >= 15 is 0 Å². The standard InChI is InChI=1S/C16H14ClF3N6O/c1-9-4-3-5-10(6-9)7-26-8-21-15(24-26)22-14(27)12-11(17)13(16(18,19)20)23-25(12)2/h3-6,8H,7H2,1-2H3,(H,22,24,27). The first kappa shape index (κ1) is 18.9. The number of rotatable bonds is 4. The molecule has 1 aromatic carbocycles. The molecule has 2 heterocycles. The topological polar surface area (TPSA) is 77.6 Å². The van der Waals surface area contributed by atoms with E-state index in [1.807, 2.05) is 31.2 Å². The second kappa shape index (κ2) is 7.03. The summed E-state index contributed by atoms with van der Waals surface area (Å²) in [7, 11) is 1.19. The number of benzene rings is 1. The lowest BCUT2D eigenvalue weighted by molar-refractivity contribution is -0.141. The lowest BCUT2D eigenvalue weighted by Crippen LogP contribution is -2.17. The first-order valence-electron chi connectivity index (χ1n) is 7.71. The Morgan fingerprint density at radius 2 is 2.04 bits per heavy atom. The molecule has 27 heavy (non-hydrogen) atoms. The molecule has 0 aliphatic rings. The van der Waals surface area contributed by atoms with Crippen LogP contribution >= 0.6 is 11.6 Å². The summed E-state index contributed by atoms with van der Waals surface area (Å²) in [6.07, 6.45) is -3.36. The van der Waals surface area contributed by atoms with E-state index in [1.165, 1.54) is 18.1 Å². The molecule has 0 fully saturated rings. The Bertz CT molecular complexity index is 994. The van der Waals surface area contributed by atoms with E-state index in [9.17, 15) is 18.0 Å². The van der Waals surface area contributed by atoms with Crippen molar-refractivity contribution in [1.82, 2.24) is 24.5 Å². The summed E-state index contributed by atoms with van der Waals surface area (Å²) in [5.41, 5.74) is 0.323. The minimum Gasteiger partial charge on any atom is -0.288 e. The van der Waals surface area contributed by atoms with Gasteiger partial charge in [0.25, 0.3) is 5.91 Å². The molecule has 0 spiro atoms. The van der Waals surface area contributed by atoms with Crippen molar-refractivity contribution in [3.05, 3.63) is 58.1 Å². The third-order valence-corrected chi connectivity index (χ3v) is 4.02. The maximum Gasteiger partial charge on any atom is 0.436 e. The van der Waals surface area contributed by atoms with Crippen molar-refractivity contribution in [3.63, 3.8) is 0 Å². The molecule has 142 valence electrons. The van der Waals surface area contributed by atoms with Gasteiger partial charge in [-0.25, -0.2) is 9.67 Å². The van der Waals surface area contributed by atoms with E-state index in [0.717, 1.165) is 15.8 Å². The number of carbonyl (C=O) groups is 1. The van der Waals surface area contributed by atoms with Crippen LogP contribution < -0.4 is 5.32 Å². The second-order valence-electron chi connectivity index (χ2n) is 5.84. The number of anilines is 1. The van der Waals surface area contributed by atoms with Crippen LogP contribution in [0.5, 0.6) is 0 Å². The number of aryl methyl sites for hydroxylation is 2. The minimum atomic E-state index is -4.76. The fourth-order valence-corrected chi connectivity index (χ4v) is 2.87. The molecule has 3 rings (SSSR count). The van der Waals surface area contributed by atoms with Gasteiger partial charge in [0.2, 0.25) is 5.95 Å². The normalized spacial score (nSPS) is 11.6. The van der Waals surface area contributed by atoms with Gasteiger partial charge in [-0.2, -0.15) is 18.3 Å². The third-order valence-electron chi connectivity index (χ3n) is 3.66. The van der Waals surface area contributed by atoms with E-state index in [4.69, 9.17) is 11.6 Å². The van der Waals surface area contributed by atoms with Crippen LogP contribution in [0.3, 0.4) is 0 Å². The fraction of sp³-hybridized carbons (Fsp3) is 0.250. The Balaban J connectivity index is 1.76. The monoisotopic (exact) mass is 398 g/mol. The number of nitrogens with one attached hydrogen (secondary N) is 1. The van der Waals surface area contributed by atoms with Crippen LogP contribution in [0.25, 0.3) is 0 Å². The maximum atomic E-state index is 12.9. The van der Waals surface area contributed by atoms with Crippen LogP contribution in [0.15, 0.2) is 30.6 Å². The Hall–Kier alpha value is -2.88. The van der Waals surface area contributed by atoms with Crippen molar-refractivity contribution in [2.24, 2.45) is 7.05 Å². The number of aromatic nitrogens is 5. The number of amides is 1. The molecular weight excluding hydrogens is 385 g/mol. The van der Waals surface area contributed by atoms with E-state index < -0.39 is 28.5 Å². The van der Waals surface area contributed by atoms with Crippen molar-refractivity contribution >= 4 is 23.5 Å². The molecule has 2 aromatic heterocycles. The first-order valence-corrected chi connectivity index (χ1v) is 8.09. The highest BCUT2D eigenvalue weighted by Crippen LogP contribution is 2.35. The van der Waals surface area contributed by atoms with Gasteiger partial charge in [0.05, 0.1) is 6.54 Å². The highest BCUT2D eigenvalue weighted by Gasteiger charge is 2.39. The first-order chi connectivity index (χ1) is 12.6. The molecule has 1 amide bonds. The average Bonchev–Trinajstić information content (AvgIpc) is 3.10. The quantitative estimate of drug-likeness (QED) is 0.731. The van der Waals surface area contributed by atoms with Crippen molar-refractivity contribution in [1.29, 1.82) is 0 Å². The Morgan fingerprint density at radius 1 is 1.30 bits per heavy atom. The summed E-state index contributed by atoms with van der Waals surface area (Å²) in [6, 6.07) is 7.77. The third kappa shape index (κ3) is 4.11. The Morgan fingerprint density at radius 3 is 2.67 bits per heavy atom. The number of carbonyl (C=O) groups excluding carboxylic acids is 1. The lowest BCUT2D eigenvalue weighted by atomic mass is 10.1. The Labute approximate surface area is 156 Å². The molecule has 0 atom stereocenters. The summed E-state index contributed by atoms with van der Waals surface area (Å²) >= 11 is 5.69. The molecule has 0 bridgehead atoms. The molecule has 0 radical (unpaired) electrons. The summed E-state index contributed by atoms with van der Waals surface area (Å²) in [4.78, 5) is 16.2. The molecular formula is C16H14ClF3N6O. The van der Waals surface area contributed by atoms with Gasteiger partial charge in [0, 0.05) is 7.05 Å². The van der Waals surface area contributed by atoms with E-state index in [-0.39, 0.29) is 5.95 Å². The zero-order chi connectivity index (χ0) is 19.8. The summed E-state index contributed by atoms with van der Waals surface area (Å²) in [5, 5.41) is 8.91. The van der Waals surface area contributed by atoms with E-state index in [1.54, 1.807) is 0 Å². The molecule has 0 saturated carbocycles. The van der Waals surface area contributed by atoms with Crippen LogP contribution in [-0.4, -0.2) is 30.5 Å². The molecule has 1 N–H and O–H groups in total. The van der Waals surface area contributed by atoms with Gasteiger partial charge in [0.1, 0.15) is 17.0 Å². The number of hydrogen-bond acceptors (Lipinski definition) is 4. The van der Waals surface area contributed by atoms with Crippen LogP contribution in [0, 0.1) is 6.92 Å². The van der Waals surface area contributed by atoms with Crippen LogP contribution in [0.1, 0.15) is 27.3 Å². The molecule has 0 aliphatic carbocycles. The SMILES string of the molecule is Cc1cccc(Cn2cnc(NC(=O)c3c(Cl)c(C(F)(F)F)nn3C)n2)c1. The lowest BCUT2D eigenvalue weighted by Gasteiger charge is -2.03. The van der Waals surface area contributed by atoms with Gasteiger partial charge in [-0.05, 0) is 12.5 Å². The fourth-order valence-electron chi connectivity index (χ4n) is 2.51. The molecule has 0 unspecified atom stereocenters. The van der Waals surface area contributed by atoms with Crippen molar-refractivity contribution in [2.45, 2.75) is 19.6 Å². The number of halogens is 4.